The smallest absolute Gasteiger partial charge is 0.325 e. The molecule has 1 aromatic carbocycles. The molecule has 1 fully saturated rings. The minimum atomic E-state index is -0.753. The highest BCUT2D eigenvalue weighted by Gasteiger charge is 2.31. The molecule has 0 spiro atoms. The van der Waals surface area contributed by atoms with Gasteiger partial charge in [0.25, 0.3) is 0 Å². The molecule has 1 saturated heterocycles. The molecule has 0 amide bonds. The summed E-state index contributed by atoms with van der Waals surface area (Å²) in [6.45, 7) is 2.68. The highest BCUT2D eigenvalue weighted by atomic mass is 16.4. The van der Waals surface area contributed by atoms with Crippen LogP contribution in [0.1, 0.15) is 24.4 Å². The first-order chi connectivity index (χ1) is 9.22. The van der Waals surface area contributed by atoms with Crippen molar-refractivity contribution >= 4 is 5.97 Å². The molecule has 1 aliphatic rings. The second-order valence-corrected chi connectivity index (χ2v) is 5.21. The van der Waals surface area contributed by atoms with Crippen molar-refractivity contribution in [2.24, 2.45) is 5.92 Å². The molecule has 4 nitrogen and oxygen atoms in total. The molecule has 2 rings (SSSR count). The third-order valence-electron chi connectivity index (χ3n) is 3.76. The molecule has 0 radical (unpaired) electrons. The lowest BCUT2D eigenvalue weighted by Crippen LogP contribution is -2.43. The molecular weight excluding hydrogens is 240 g/mol. The Balaban J connectivity index is 2.13. The zero-order chi connectivity index (χ0) is 13.7. The average molecular weight is 262 g/mol. The third-order valence-corrected chi connectivity index (χ3v) is 3.76. The van der Waals surface area contributed by atoms with E-state index >= 15 is 0 Å². The summed E-state index contributed by atoms with van der Waals surface area (Å²) in [5.41, 5.74) is 0.875. The van der Waals surface area contributed by atoms with E-state index in [0.717, 1.165) is 31.6 Å². The van der Waals surface area contributed by atoms with Gasteiger partial charge in [-0.3, -0.25) is 9.69 Å². The summed E-state index contributed by atoms with van der Waals surface area (Å²) in [5.74, 6) is -0.208. The Morgan fingerprint density at radius 1 is 1.47 bits per heavy atom. The number of nitrogens with one attached hydrogen (secondary N) is 1. The van der Waals surface area contributed by atoms with Crippen molar-refractivity contribution in [3.63, 3.8) is 0 Å². The van der Waals surface area contributed by atoms with Gasteiger partial charge < -0.3 is 10.4 Å². The highest BCUT2D eigenvalue weighted by Crippen LogP contribution is 2.26. The maximum Gasteiger partial charge on any atom is 0.325 e. The Kier molecular flexibility index (Phi) is 4.93. The molecule has 2 atom stereocenters. The Morgan fingerprint density at radius 3 is 2.84 bits per heavy atom. The summed E-state index contributed by atoms with van der Waals surface area (Å²) in [7, 11) is 1.95. The SMILES string of the molecule is CNCC1CCCN(C(C(=O)O)c2ccccc2)C1. The fourth-order valence-electron chi connectivity index (χ4n) is 2.93. The lowest BCUT2D eigenvalue weighted by Gasteiger charge is -2.36. The molecule has 1 aromatic rings. The second kappa shape index (κ2) is 6.68. The molecule has 2 N–H and O–H groups in total. The number of likely N-dealkylation sites (tertiary alicyclic amines) is 1. The maximum absolute atomic E-state index is 11.6. The summed E-state index contributed by atoms with van der Waals surface area (Å²) in [4.78, 5) is 13.7. The zero-order valence-corrected chi connectivity index (χ0v) is 11.4. The van der Waals surface area contributed by atoms with Crippen molar-refractivity contribution < 1.29 is 9.90 Å². The van der Waals surface area contributed by atoms with Crippen LogP contribution in [-0.2, 0) is 4.79 Å². The van der Waals surface area contributed by atoms with E-state index in [4.69, 9.17) is 0 Å². The maximum atomic E-state index is 11.6. The van der Waals surface area contributed by atoms with E-state index in [-0.39, 0.29) is 0 Å². The van der Waals surface area contributed by atoms with Gasteiger partial charge in [0.05, 0.1) is 0 Å². The quantitative estimate of drug-likeness (QED) is 0.849. The Labute approximate surface area is 114 Å². The molecule has 0 saturated carbocycles. The number of nitrogens with zero attached hydrogens (tertiary/aromatic N) is 1. The molecule has 1 heterocycles. The van der Waals surface area contributed by atoms with Crippen molar-refractivity contribution in [3.8, 4) is 0 Å². The summed E-state index contributed by atoms with van der Waals surface area (Å²) in [5, 5.41) is 12.7. The molecule has 0 aliphatic carbocycles. The highest BCUT2D eigenvalue weighted by molar-refractivity contribution is 5.75. The van der Waals surface area contributed by atoms with E-state index < -0.39 is 12.0 Å². The lowest BCUT2D eigenvalue weighted by molar-refractivity contribution is -0.144. The monoisotopic (exact) mass is 262 g/mol. The number of carboxylic acid groups (broad SMARTS) is 1. The Hall–Kier alpha value is -1.39. The van der Waals surface area contributed by atoms with Gasteiger partial charge >= 0.3 is 5.97 Å². The average Bonchev–Trinajstić information content (AvgIpc) is 2.40. The topological polar surface area (TPSA) is 52.6 Å². The van der Waals surface area contributed by atoms with Crippen LogP contribution in [0.15, 0.2) is 30.3 Å². The Bertz CT molecular complexity index is 406. The van der Waals surface area contributed by atoms with E-state index in [0.29, 0.717) is 5.92 Å². The molecule has 19 heavy (non-hydrogen) atoms. The van der Waals surface area contributed by atoms with Crippen LogP contribution in [0.2, 0.25) is 0 Å². The van der Waals surface area contributed by atoms with Crippen molar-refractivity contribution in [1.29, 1.82) is 0 Å². The lowest BCUT2D eigenvalue weighted by atomic mass is 9.94. The largest absolute Gasteiger partial charge is 0.480 e. The van der Waals surface area contributed by atoms with E-state index in [1.807, 2.05) is 37.4 Å². The molecule has 2 unspecified atom stereocenters. The Morgan fingerprint density at radius 2 is 2.21 bits per heavy atom. The first-order valence-electron chi connectivity index (χ1n) is 6.88. The summed E-state index contributed by atoms with van der Waals surface area (Å²) >= 11 is 0. The molecule has 0 bridgehead atoms. The predicted molar refractivity (Wildman–Crippen MR) is 75.0 cm³/mol. The van der Waals surface area contributed by atoms with Crippen molar-refractivity contribution in [2.75, 3.05) is 26.7 Å². The van der Waals surface area contributed by atoms with E-state index in [1.165, 1.54) is 6.42 Å². The minimum Gasteiger partial charge on any atom is -0.480 e. The molecule has 1 aliphatic heterocycles. The molecule has 4 heteroatoms. The van der Waals surface area contributed by atoms with Gasteiger partial charge in [-0.2, -0.15) is 0 Å². The second-order valence-electron chi connectivity index (χ2n) is 5.21. The van der Waals surface area contributed by atoms with Crippen molar-refractivity contribution in [2.45, 2.75) is 18.9 Å². The van der Waals surface area contributed by atoms with Gasteiger partial charge in [-0.15, -0.1) is 0 Å². The number of hydrogen-bond acceptors (Lipinski definition) is 3. The number of rotatable bonds is 5. The van der Waals surface area contributed by atoms with Gasteiger partial charge in [0.1, 0.15) is 6.04 Å². The van der Waals surface area contributed by atoms with E-state index in [1.54, 1.807) is 0 Å². The van der Waals surface area contributed by atoms with Gasteiger partial charge in [0.2, 0.25) is 0 Å². The van der Waals surface area contributed by atoms with E-state index in [9.17, 15) is 9.90 Å². The normalized spacial score (nSPS) is 22.1. The van der Waals surface area contributed by atoms with Crippen LogP contribution in [0.3, 0.4) is 0 Å². The number of carbonyl (C=O) groups is 1. The standard InChI is InChI=1S/C15H22N2O2/c1-16-10-12-6-5-9-17(11-12)14(15(18)19)13-7-3-2-4-8-13/h2-4,7-8,12,14,16H,5-6,9-11H2,1H3,(H,18,19). The number of aliphatic carboxylic acids is 1. The number of piperidine rings is 1. The number of carboxylic acids is 1. The van der Waals surface area contributed by atoms with Gasteiger partial charge in [-0.1, -0.05) is 30.3 Å². The minimum absolute atomic E-state index is 0.513. The van der Waals surface area contributed by atoms with Crippen LogP contribution < -0.4 is 5.32 Å². The van der Waals surface area contributed by atoms with Crippen molar-refractivity contribution in [1.82, 2.24) is 10.2 Å². The van der Waals surface area contributed by atoms with Crippen LogP contribution in [0, 0.1) is 5.92 Å². The molecule has 0 aromatic heterocycles. The van der Waals surface area contributed by atoms with Crippen LogP contribution in [0.5, 0.6) is 0 Å². The van der Waals surface area contributed by atoms with Crippen molar-refractivity contribution in [3.05, 3.63) is 35.9 Å². The number of hydrogen-bond donors (Lipinski definition) is 2. The van der Waals surface area contributed by atoms with Gasteiger partial charge in [0, 0.05) is 6.54 Å². The van der Waals surface area contributed by atoms with Gasteiger partial charge in [0.15, 0.2) is 0 Å². The fourth-order valence-corrected chi connectivity index (χ4v) is 2.93. The first-order valence-corrected chi connectivity index (χ1v) is 6.88. The first kappa shape index (κ1) is 14.0. The van der Waals surface area contributed by atoms with Gasteiger partial charge in [-0.25, -0.2) is 0 Å². The van der Waals surface area contributed by atoms with Crippen LogP contribution in [-0.4, -0.2) is 42.7 Å². The molecule has 104 valence electrons. The molecular formula is C15H22N2O2. The van der Waals surface area contributed by atoms with Crippen LogP contribution in [0.25, 0.3) is 0 Å². The fraction of sp³-hybridized carbons (Fsp3) is 0.533. The number of benzene rings is 1. The van der Waals surface area contributed by atoms with Crippen LogP contribution >= 0.6 is 0 Å². The van der Waals surface area contributed by atoms with E-state index in [2.05, 4.69) is 10.2 Å². The summed E-state index contributed by atoms with van der Waals surface area (Å²) in [6.07, 6.45) is 2.25. The third kappa shape index (κ3) is 3.55. The van der Waals surface area contributed by atoms with Crippen LogP contribution in [0.4, 0.5) is 0 Å². The summed E-state index contributed by atoms with van der Waals surface area (Å²) in [6, 6.07) is 9.02. The summed E-state index contributed by atoms with van der Waals surface area (Å²) < 4.78 is 0. The zero-order valence-electron chi connectivity index (χ0n) is 11.4. The van der Waals surface area contributed by atoms with Gasteiger partial charge in [-0.05, 0) is 44.5 Å². The predicted octanol–water partition coefficient (Wildman–Crippen LogP) is 1.74.